The lowest BCUT2D eigenvalue weighted by Gasteiger charge is -2.31. The van der Waals surface area contributed by atoms with Crippen LogP contribution in [0.4, 0.5) is 0 Å². The molecule has 0 unspecified atom stereocenters. The number of hydrogen-bond donors (Lipinski definition) is 1. The number of nitrogens with zero attached hydrogens (tertiary/aromatic N) is 2. The zero-order valence-electron chi connectivity index (χ0n) is 7.03. The third-order valence-electron chi connectivity index (χ3n) is 3.02. The van der Waals surface area contributed by atoms with Gasteiger partial charge in [0, 0.05) is 31.7 Å². The summed E-state index contributed by atoms with van der Waals surface area (Å²) in [5, 5.41) is 8.77. The number of fused-ring (bicyclic) bond motifs is 2. The number of aliphatic hydroxyl groups is 1. The van der Waals surface area contributed by atoms with Crippen LogP contribution in [0, 0.1) is 0 Å². The molecule has 3 heteroatoms. The minimum Gasteiger partial charge on any atom is -0.395 e. The standard InChI is InChI=1S/C8H16N2O/c1-9-5-8-4-7(9)6-10(8)2-3-11/h7-8,11H,2-6H2,1H3/t7-,8-/m1/s1. The van der Waals surface area contributed by atoms with Crippen LogP contribution in [0.15, 0.2) is 0 Å². The van der Waals surface area contributed by atoms with E-state index >= 15 is 0 Å². The summed E-state index contributed by atoms with van der Waals surface area (Å²) in [6.45, 7) is 3.55. The lowest BCUT2D eigenvalue weighted by Crippen LogP contribution is -2.45. The van der Waals surface area contributed by atoms with Gasteiger partial charge in [-0.15, -0.1) is 0 Å². The van der Waals surface area contributed by atoms with Gasteiger partial charge < -0.3 is 10.0 Å². The summed E-state index contributed by atoms with van der Waals surface area (Å²) < 4.78 is 0. The summed E-state index contributed by atoms with van der Waals surface area (Å²) in [7, 11) is 2.20. The van der Waals surface area contributed by atoms with Crippen molar-refractivity contribution in [2.24, 2.45) is 0 Å². The summed E-state index contributed by atoms with van der Waals surface area (Å²) in [4.78, 5) is 4.84. The van der Waals surface area contributed by atoms with E-state index in [0.29, 0.717) is 6.61 Å². The molecule has 2 saturated heterocycles. The molecule has 0 aromatic rings. The quantitative estimate of drug-likeness (QED) is 0.576. The molecule has 3 nitrogen and oxygen atoms in total. The summed E-state index contributed by atoms with van der Waals surface area (Å²) in [6, 6.07) is 1.50. The van der Waals surface area contributed by atoms with Crippen LogP contribution in [0.3, 0.4) is 0 Å². The minimum absolute atomic E-state index is 0.312. The SMILES string of the molecule is CN1C[C@H]2C[C@@H]1CN2CCO. The van der Waals surface area contributed by atoms with Gasteiger partial charge in [-0.05, 0) is 13.5 Å². The first-order chi connectivity index (χ1) is 5.31. The fourth-order valence-electron chi connectivity index (χ4n) is 2.35. The van der Waals surface area contributed by atoms with E-state index < -0.39 is 0 Å². The molecule has 2 atom stereocenters. The molecule has 0 aliphatic carbocycles. The molecule has 1 N–H and O–H groups in total. The number of piperazine rings is 1. The van der Waals surface area contributed by atoms with E-state index in [-0.39, 0.29) is 0 Å². The van der Waals surface area contributed by atoms with Gasteiger partial charge in [-0.2, -0.15) is 0 Å². The first kappa shape index (κ1) is 7.53. The highest BCUT2D eigenvalue weighted by atomic mass is 16.3. The number of likely N-dealkylation sites (N-methyl/N-ethyl adjacent to an activating group) is 1. The average Bonchev–Trinajstić information content (AvgIpc) is 2.47. The maximum Gasteiger partial charge on any atom is 0.0558 e. The molecule has 11 heavy (non-hydrogen) atoms. The van der Waals surface area contributed by atoms with Crippen LogP contribution in [-0.2, 0) is 0 Å². The van der Waals surface area contributed by atoms with Crippen molar-refractivity contribution >= 4 is 0 Å². The van der Waals surface area contributed by atoms with Crippen LogP contribution in [-0.4, -0.2) is 60.3 Å². The van der Waals surface area contributed by atoms with E-state index in [9.17, 15) is 0 Å². The second-order valence-corrected chi connectivity index (χ2v) is 3.70. The van der Waals surface area contributed by atoms with Crippen LogP contribution in [0.25, 0.3) is 0 Å². The maximum atomic E-state index is 8.77. The molecule has 2 rings (SSSR count). The Bertz CT molecular complexity index is 149. The van der Waals surface area contributed by atoms with Gasteiger partial charge >= 0.3 is 0 Å². The number of likely N-dealkylation sites (tertiary alicyclic amines) is 2. The topological polar surface area (TPSA) is 26.7 Å². The minimum atomic E-state index is 0.312. The van der Waals surface area contributed by atoms with Crippen molar-refractivity contribution in [1.29, 1.82) is 0 Å². The first-order valence-electron chi connectivity index (χ1n) is 4.36. The Morgan fingerprint density at radius 3 is 2.64 bits per heavy atom. The van der Waals surface area contributed by atoms with Gasteiger partial charge in [0.15, 0.2) is 0 Å². The first-order valence-corrected chi connectivity index (χ1v) is 4.36. The Labute approximate surface area is 67.6 Å². The predicted molar refractivity (Wildman–Crippen MR) is 43.5 cm³/mol. The number of aliphatic hydroxyl groups excluding tert-OH is 1. The molecule has 2 aliphatic heterocycles. The van der Waals surface area contributed by atoms with Crippen LogP contribution in [0.2, 0.25) is 0 Å². The van der Waals surface area contributed by atoms with Gasteiger partial charge in [0.1, 0.15) is 0 Å². The van der Waals surface area contributed by atoms with E-state index in [1.165, 1.54) is 19.5 Å². The molecule has 0 amide bonds. The van der Waals surface area contributed by atoms with Crippen LogP contribution in [0.5, 0.6) is 0 Å². The fraction of sp³-hybridized carbons (Fsp3) is 1.00. The van der Waals surface area contributed by atoms with Crippen molar-refractivity contribution in [1.82, 2.24) is 9.80 Å². The van der Waals surface area contributed by atoms with Crippen molar-refractivity contribution in [3.8, 4) is 0 Å². The molecule has 64 valence electrons. The summed E-state index contributed by atoms with van der Waals surface area (Å²) in [6.07, 6.45) is 1.32. The van der Waals surface area contributed by atoms with Gasteiger partial charge in [0.25, 0.3) is 0 Å². The molecule has 0 aromatic heterocycles. The molecular weight excluding hydrogens is 140 g/mol. The van der Waals surface area contributed by atoms with Crippen LogP contribution >= 0.6 is 0 Å². The zero-order valence-corrected chi connectivity index (χ0v) is 7.03. The third-order valence-corrected chi connectivity index (χ3v) is 3.02. The molecule has 0 radical (unpaired) electrons. The van der Waals surface area contributed by atoms with Gasteiger partial charge in [-0.3, -0.25) is 4.90 Å². The second kappa shape index (κ2) is 2.73. The van der Waals surface area contributed by atoms with Gasteiger partial charge in [-0.25, -0.2) is 0 Å². The predicted octanol–water partition coefficient (Wildman–Crippen LogP) is -0.633. The smallest absolute Gasteiger partial charge is 0.0558 e. The summed E-state index contributed by atoms with van der Waals surface area (Å²) >= 11 is 0. The molecular formula is C8H16N2O. The Balaban J connectivity index is 1.92. The molecule has 0 aromatic carbocycles. The van der Waals surface area contributed by atoms with E-state index in [2.05, 4.69) is 16.8 Å². The number of β-amino-alcohol motifs (C(OH)–C–C–N with tert-alkyl or cyclic N) is 1. The van der Waals surface area contributed by atoms with Crippen LogP contribution in [0.1, 0.15) is 6.42 Å². The van der Waals surface area contributed by atoms with Crippen LogP contribution < -0.4 is 0 Å². The summed E-state index contributed by atoms with van der Waals surface area (Å²) in [5.74, 6) is 0. The van der Waals surface area contributed by atoms with E-state index in [1.54, 1.807) is 0 Å². The Hall–Kier alpha value is -0.120. The van der Waals surface area contributed by atoms with E-state index in [1.807, 2.05) is 0 Å². The largest absolute Gasteiger partial charge is 0.395 e. The lowest BCUT2D eigenvalue weighted by molar-refractivity contribution is 0.124. The molecule has 0 spiro atoms. The van der Waals surface area contributed by atoms with Crippen molar-refractivity contribution in [3.63, 3.8) is 0 Å². The molecule has 2 aliphatic rings. The van der Waals surface area contributed by atoms with Gasteiger partial charge in [-0.1, -0.05) is 0 Å². The third kappa shape index (κ3) is 1.17. The monoisotopic (exact) mass is 156 g/mol. The fourth-order valence-corrected chi connectivity index (χ4v) is 2.35. The highest BCUT2D eigenvalue weighted by molar-refractivity contribution is 4.97. The Morgan fingerprint density at radius 1 is 1.36 bits per heavy atom. The van der Waals surface area contributed by atoms with Crippen molar-refractivity contribution < 1.29 is 5.11 Å². The van der Waals surface area contributed by atoms with E-state index in [0.717, 1.165) is 18.6 Å². The lowest BCUT2D eigenvalue weighted by atomic mass is 10.2. The second-order valence-electron chi connectivity index (χ2n) is 3.70. The molecule has 2 bridgehead atoms. The molecule has 2 heterocycles. The normalized spacial score (nSPS) is 38.7. The summed E-state index contributed by atoms with van der Waals surface area (Å²) in [5.41, 5.74) is 0. The maximum absolute atomic E-state index is 8.77. The van der Waals surface area contributed by atoms with E-state index in [4.69, 9.17) is 5.11 Å². The molecule has 2 fully saturated rings. The number of rotatable bonds is 2. The highest BCUT2D eigenvalue weighted by Gasteiger charge is 2.40. The van der Waals surface area contributed by atoms with Crippen molar-refractivity contribution in [3.05, 3.63) is 0 Å². The van der Waals surface area contributed by atoms with Gasteiger partial charge in [0.05, 0.1) is 6.61 Å². The van der Waals surface area contributed by atoms with Crippen molar-refractivity contribution in [2.45, 2.75) is 18.5 Å². The molecule has 0 saturated carbocycles. The van der Waals surface area contributed by atoms with Crippen molar-refractivity contribution in [2.75, 3.05) is 33.3 Å². The average molecular weight is 156 g/mol. The highest BCUT2D eigenvalue weighted by Crippen LogP contribution is 2.28. The van der Waals surface area contributed by atoms with Gasteiger partial charge in [0.2, 0.25) is 0 Å². The zero-order chi connectivity index (χ0) is 7.84. The number of hydrogen-bond acceptors (Lipinski definition) is 3. The Morgan fingerprint density at radius 2 is 2.18 bits per heavy atom. The Kier molecular flexibility index (Phi) is 1.87.